The van der Waals surface area contributed by atoms with Gasteiger partial charge >= 0.3 is 0 Å². The fourth-order valence-corrected chi connectivity index (χ4v) is 6.60. The number of furan rings is 1. The molecule has 134 valence electrons. The fourth-order valence-electron chi connectivity index (χ4n) is 2.69. The maximum Gasteiger partial charge on any atom is 0.150 e. The van der Waals surface area contributed by atoms with E-state index in [1.165, 1.54) is 12.8 Å². The third-order valence-corrected chi connectivity index (χ3v) is 11.0. The molecular weight excluding hydrogens is 321 g/mol. The largest absolute Gasteiger partial charge is 0.460 e. The first-order valence-electron chi connectivity index (χ1n) is 8.91. The van der Waals surface area contributed by atoms with Crippen molar-refractivity contribution >= 4 is 23.5 Å². The van der Waals surface area contributed by atoms with E-state index in [1.54, 1.807) is 0 Å². The van der Waals surface area contributed by atoms with Gasteiger partial charge < -0.3 is 4.42 Å². The molecule has 0 aliphatic carbocycles. The van der Waals surface area contributed by atoms with Gasteiger partial charge in [-0.2, -0.15) is 0 Å². The normalized spacial score (nSPS) is 15.6. The first-order chi connectivity index (χ1) is 10.5. The average molecular weight is 358 g/mol. The lowest BCUT2D eigenvalue weighted by molar-refractivity contribution is 0.371. The lowest BCUT2D eigenvalue weighted by Crippen LogP contribution is -2.37. The zero-order chi connectivity index (χ0) is 17.8. The minimum Gasteiger partial charge on any atom is -0.460 e. The second-order valence-corrected chi connectivity index (χ2v) is 13.5. The fraction of sp³-hybridized carbons (Fsp3) is 0.789. The van der Waals surface area contributed by atoms with E-state index in [0.29, 0.717) is 11.8 Å². The van der Waals surface area contributed by atoms with Crippen LogP contribution in [0.3, 0.4) is 0 Å². The van der Waals surface area contributed by atoms with Gasteiger partial charge in [0.25, 0.3) is 0 Å². The zero-order valence-corrected chi connectivity index (χ0v) is 18.1. The molecule has 1 heterocycles. The van der Waals surface area contributed by atoms with Crippen LogP contribution in [0.2, 0.25) is 0 Å². The van der Waals surface area contributed by atoms with Crippen LogP contribution >= 0.6 is 6.19 Å². The van der Waals surface area contributed by atoms with Crippen molar-refractivity contribution in [1.29, 1.82) is 0 Å². The second-order valence-electron chi connectivity index (χ2n) is 8.45. The second kappa shape index (κ2) is 8.32. The number of aryl methyl sites for hydroxylation is 1. The molecule has 0 saturated carbocycles. The molecule has 0 aromatic carbocycles. The lowest BCUT2D eigenvalue weighted by Gasteiger charge is -2.43. The Kier molecular flexibility index (Phi) is 7.57. The van der Waals surface area contributed by atoms with Crippen molar-refractivity contribution in [2.24, 2.45) is 11.8 Å². The molecule has 0 spiro atoms. The van der Waals surface area contributed by atoms with E-state index in [2.05, 4.69) is 65.3 Å². The van der Waals surface area contributed by atoms with Gasteiger partial charge in [-0.1, -0.05) is 60.3 Å². The third-order valence-electron chi connectivity index (χ3n) is 4.26. The summed E-state index contributed by atoms with van der Waals surface area (Å²) in [6, 6.07) is 4.18. The van der Waals surface area contributed by atoms with E-state index in [9.17, 15) is 0 Å². The smallest absolute Gasteiger partial charge is 0.150 e. The molecule has 1 rings (SSSR count). The van der Waals surface area contributed by atoms with Crippen molar-refractivity contribution in [3.63, 3.8) is 0 Å². The minimum absolute atomic E-state index is 0.0284. The summed E-state index contributed by atoms with van der Waals surface area (Å²) in [5, 5.41) is 0.0284. The molecule has 0 aliphatic heterocycles. The predicted octanol–water partition coefficient (Wildman–Crippen LogP) is 5.80. The molecule has 0 aliphatic rings. The van der Waals surface area contributed by atoms with Crippen molar-refractivity contribution in [1.82, 2.24) is 4.67 Å². The molecule has 0 bridgehead atoms. The van der Waals surface area contributed by atoms with E-state index in [-0.39, 0.29) is 5.16 Å². The predicted molar refractivity (Wildman–Crippen MR) is 108 cm³/mol. The maximum atomic E-state index is 6.39. The summed E-state index contributed by atoms with van der Waals surface area (Å²) in [4.78, 5) is 0. The van der Waals surface area contributed by atoms with Crippen LogP contribution in [0.4, 0.5) is 0 Å². The van der Waals surface area contributed by atoms with Crippen LogP contribution in [0, 0.1) is 18.8 Å². The van der Waals surface area contributed by atoms with Gasteiger partial charge in [0.1, 0.15) is 11.3 Å². The van der Waals surface area contributed by atoms with E-state index >= 15 is 0 Å². The summed E-state index contributed by atoms with van der Waals surface area (Å²) >= 11 is 6.39. The Bertz CT molecular complexity index is 516. The first-order valence-corrected chi connectivity index (χ1v) is 11.7. The van der Waals surface area contributed by atoms with Crippen LogP contribution in [0.15, 0.2) is 16.5 Å². The Morgan fingerprint density at radius 3 is 1.83 bits per heavy atom. The van der Waals surface area contributed by atoms with Gasteiger partial charge in [0.15, 0.2) is 0 Å². The first kappa shape index (κ1) is 20.9. The molecule has 1 aromatic heterocycles. The highest BCUT2D eigenvalue weighted by atomic mass is 32.4. The van der Waals surface area contributed by atoms with Crippen molar-refractivity contribution in [2.75, 3.05) is 13.1 Å². The van der Waals surface area contributed by atoms with E-state index in [1.807, 2.05) is 6.92 Å². The van der Waals surface area contributed by atoms with Gasteiger partial charge in [-0.3, -0.25) is 4.67 Å². The Hall–Kier alpha value is -0.110. The van der Waals surface area contributed by atoms with E-state index in [0.717, 1.165) is 24.4 Å². The molecule has 1 atom stereocenters. The van der Waals surface area contributed by atoms with Gasteiger partial charge in [0.2, 0.25) is 0 Å². The highest BCUT2D eigenvalue weighted by molar-refractivity contribution is 8.17. The SMILES string of the molecule is Cc1ccc(P(=S)(N(CCC(C)C)CCC(C)C)C(C)(C)C)o1. The van der Waals surface area contributed by atoms with Crippen LogP contribution in [0.25, 0.3) is 0 Å². The molecule has 0 saturated heterocycles. The van der Waals surface area contributed by atoms with Crippen molar-refractivity contribution < 1.29 is 4.42 Å². The summed E-state index contributed by atoms with van der Waals surface area (Å²) in [5.74, 6) is 2.35. The van der Waals surface area contributed by atoms with Crippen LogP contribution < -0.4 is 5.50 Å². The molecule has 23 heavy (non-hydrogen) atoms. The summed E-state index contributed by atoms with van der Waals surface area (Å²) < 4.78 is 8.67. The quantitative estimate of drug-likeness (QED) is 0.547. The van der Waals surface area contributed by atoms with Crippen LogP contribution in [-0.4, -0.2) is 22.9 Å². The summed E-state index contributed by atoms with van der Waals surface area (Å²) in [5.41, 5.74) is 1.03. The number of hydrogen-bond donors (Lipinski definition) is 0. The maximum absolute atomic E-state index is 6.39. The molecule has 1 unspecified atom stereocenters. The minimum atomic E-state index is -1.96. The molecule has 1 aromatic rings. The van der Waals surface area contributed by atoms with Crippen molar-refractivity contribution in [2.45, 2.75) is 73.4 Å². The van der Waals surface area contributed by atoms with Crippen LogP contribution in [0.1, 0.15) is 67.1 Å². The molecule has 0 N–H and O–H groups in total. The Morgan fingerprint density at radius 1 is 1.04 bits per heavy atom. The number of nitrogens with zero attached hydrogens (tertiary/aromatic N) is 1. The highest BCUT2D eigenvalue weighted by Crippen LogP contribution is 2.60. The van der Waals surface area contributed by atoms with Gasteiger partial charge in [-0.15, -0.1) is 0 Å². The van der Waals surface area contributed by atoms with Gasteiger partial charge in [0.05, 0.1) is 6.19 Å². The van der Waals surface area contributed by atoms with E-state index < -0.39 is 6.19 Å². The monoisotopic (exact) mass is 357 g/mol. The van der Waals surface area contributed by atoms with Gasteiger partial charge in [0, 0.05) is 18.2 Å². The van der Waals surface area contributed by atoms with Gasteiger partial charge in [-0.25, -0.2) is 0 Å². The summed E-state index contributed by atoms with van der Waals surface area (Å²) in [6.45, 7) is 20.2. The number of hydrogen-bond acceptors (Lipinski definition) is 2. The third kappa shape index (κ3) is 5.44. The van der Waals surface area contributed by atoms with Crippen molar-refractivity contribution in [3.05, 3.63) is 17.9 Å². The van der Waals surface area contributed by atoms with Crippen LogP contribution in [0.5, 0.6) is 0 Å². The van der Waals surface area contributed by atoms with Crippen molar-refractivity contribution in [3.8, 4) is 0 Å². The standard InChI is InChI=1S/C19H36NOPS/c1-15(2)11-13-20(14-12-16(3)4)22(23,19(6,7)8)18-10-9-17(5)21-18/h9-10,15-16H,11-14H2,1-8H3. The summed E-state index contributed by atoms with van der Waals surface area (Å²) in [6.07, 6.45) is 0.416. The molecular formula is C19H36NOPS. The van der Waals surface area contributed by atoms with Crippen LogP contribution in [-0.2, 0) is 11.8 Å². The van der Waals surface area contributed by atoms with Gasteiger partial charge in [-0.05, 0) is 43.7 Å². The van der Waals surface area contributed by atoms with E-state index in [4.69, 9.17) is 16.2 Å². The molecule has 4 heteroatoms. The molecule has 2 nitrogen and oxygen atoms in total. The zero-order valence-electron chi connectivity index (χ0n) is 16.3. The lowest BCUT2D eigenvalue weighted by atomic mass is 10.1. The topological polar surface area (TPSA) is 16.4 Å². The molecule has 0 radical (unpaired) electrons. The average Bonchev–Trinajstić information content (AvgIpc) is 2.83. The molecule has 0 amide bonds. The molecule has 0 fully saturated rings. The number of rotatable bonds is 8. The Balaban J connectivity index is 3.23. The Morgan fingerprint density at radius 2 is 1.52 bits per heavy atom. The Labute approximate surface area is 149 Å². The highest BCUT2D eigenvalue weighted by Gasteiger charge is 2.41. The summed E-state index contributed by atoms with van der Waals surface area (Å²) in [7, 11) is 0.